The van der Waals surface area contributed by atoms with E-state index in [4.69, 9.17) is 4.74 Å². The molecule has 90 valence electrons. The van der Waals surface area contributed by atoms with Crippen LogP contribution in [-0.4, -0.2) is 34.1 Å². The van der Waals surface area contributed by atoms with Crippen LogP contribution in [0.1, 0.15) is 12.8 Å². The highest BCUT2D eigenvalue weighted by molar-refractivity contribution is 9.09. The second-order valence-corrected chi connectivity index (χ2v) is 5.99. The van der Waals surface area contributed by atoms with Crippen molar-refractivity contribution in [1.82, 2.24) is 9.78 Å². The monoisotopic (exact) mass is 304 g/mol. The molecule has 1 aliphatic heterocycles. The third-order valence-corrected chi connectivity index (χ3v) is 5.55. The third-order valence-electron chi connectivity index (χ3n) is 3.06. The summed E-state index contributed by atoms with van der Waals surface area (Å²) >= 11 is 5.56. The average molecular weight is 305 g/mol. The number of ether oxygens (including phenoxy) is 1. The second-order valence-electron chi connectivity index (χ2n) is 4.38. The summed E-state index contributed by atoms with van der Waals surface area (Å²) in [5, 5.41) is 5.25. The molecule has 0 saturated carbocycles. The van der Waals surface area contributed by atoms with Gasteiger partial charge in [-0.1, -0.05) is 15.9 Å². The maximum Gasteiger partial charge on any atom is 0.0625 e. The van der Waals surface area contributed by atoms with Gasteiger partial charge in [0.1, 0.15) is 0 Å². The Labute approximate surface area is 109 Å². The van der Waals surface area contributed by atoms with Crippen molar-refractivity contribution in [2.24, 2.45) is 12.5 Å². The van der Waals surface area contributed by atoms with Crippen molar-refractivity contribution in [3.8, 4) is 0 Å². The van der Waals surface area contributed by atoms with Gasteiger partial charge in [-0.2, -0.15) is 5.10 Å². The van der Waals surface area contributed by atoms with Crippen LogP contribution in [0.15, 0.2) is 17.3 Å². The van der Waals surface area contributed by atoms with E-state index in [0.29, 0.717) is 5.41 Å². The van der Waals surface area contributed by atoms with E-state index in [2.05, 4.69) is 27.2 Å². The maximum absolute atomic E-state index is 5.44. The molecule has 1 fully saturated rings. The smallest absolute Gasteiger partial charge is 0.0625 e. The molecule has 5 heteroatoms. The highest BCUT2D eigenvalue weighted by Gasteiger charge is 2.31. The van der Waals surface area contributed by atoms with Crippen LogP contribution in [0.3, 0.4) is 0 Å². The van der Waals surface area contributed by atoms with Crippen LogP contribution in [0, 0.1) is 5.41 Å². The summed E-state index contributed by atoms with van der Waals surface area (Å²) in [6, 6.07) is 0. The normalized spacial score (nSPS) is 19.9. The zero-order valence-electron chi connectivity index (χ0n) is 9.49. The minimum Gasteiger partial charge on any atom is -0.381 e. The molecule has 0 bridgehead atoms. The Hall–Kier alpha value is -0.0000000000000000555. The summed E-state index contributed by atoms with van der Waals surface area (Å²) in [6.07, 6.45) is 6.33. The Kier molecular flexibility index (Phi) is 4.33. The molecule has 0 aliphatic carbocycles. The number of hydrogen-bond acceptors (Lipinski definition) is 3. The molecule has 0 radical (unpaired) electrons. The Morgan fingerprint density at radius 3 is 2.88 bits per heavy atom. The fourth-order valence-electron chi connectivity index (χ4n) is 1.83. The van der Waals surface area contributed by atoms with E-state index >= 15 is 0 Å². The minimum absolute atomic E-state index is 0.402. The van der Waals surface area contributed by atoms with Gasteiger partial charge >= 0.3 is 0 Å². The molecular formula is C11H17BrN2OS. The zero-order chi connectivity index (χ0) is 11.4. The van der Waals surface area contributed by atoms with Gasteiger partial charge in [-0.25, -0.2) is 0 Å². The van der Waals surface area contributed by atoms with Crippen LogP contribution in [0.5, 0.6) is 0 Å². The van der Waals surface area contributed by atoms with Crippen LogP contribution in [0.2, 0.25) is 0 Å². The van der Waals surface area contributed by atoms with Crippen molar-refractivity contribution in [1.29, 1.82) is 0 Å². The fourth-order valence-corrected chi connectivity index (χ4v) is 4.06. The number of hydrogen-bond donors (Lipinski definition) is 0. The van der Waals surface area contributed by atoms with E-state index in [9.17, 15) is 0 Å². The lowest BCUT2D eigenvalue weighted by atomic mass is 9.85. The molecule has 0 spiro atoms. The van der Waals surface area contributed by atoms with E-state index < -0.39 is 0 Å². The molecule has 0 aromatic carbocycles. The van der Waals surface area contributed by atoms with Crippen LogP contribution in [0.25, 0.3) is 0 Å². The predicted molar refractivity (Wildman–Crippen MR) is 70.2 cm³/mol. The summed E-state index contributed by atoms with van der Waals surface area (Å²) in [6.45, 7) is 1.80. The number of aromatic nitrogens is 2. The van der Waals surface area contributed by atoms with Gasteiger partial charge in [-0.15, -0.1) is 11.8 Å². The summed E-state index contributed by atoms with van der Waals surface area (Å²) in [5.41, 5.74) is 0.402. The molecule has 1 saturated heterocycles. The Morgan fingerprint density at radius 2 is 2.31 bits per heavy atom. The van der Waals surface area contributed by atoms with E-state index in [1.807, 2.05) is 29.7 Å². The first-order valence-corrected chi connectivity index (χ1v) is 7.60. The molecule has 2 heterocycles. The molecular weight excluding hydrogens is 288 g/mol. The molecule has 1 aromatic heterocycles. The van der Waals surface area contributed by atoms with Crippen LogP contribution in [0.4, 0.5) is 0 Å². The van der Waals surface area contributed by atoms with Gasteiger partial charge in [0.25, 0.3) is 0 Å². The summed E-state index contributed by atoms with van der Waals surface area (Å²) in [7, 11) is 1.96. The highest BCUT2D eigenvalue weighted by Crippen LogP contribution is 2.37. The standard InChI is InChI=1S/C11H17BrN2OS/c1-14-7-10(6-13-14)16-9-11(8-12)2-4-15-5-3-11/h6-7H,2-5,8-9H2,1H3. The molecule has 0 amide bonds. The molecule has 2 rings (SSSR count). The number of aryl methyl sites for hydroxylation is 1. The maximum atomic E-state index is 5.44. The Morgan fingerprint density at radius 1 is 1.56 bits per heavy atom. The molecule has 1 aliphatic rings. The van der Waals surface area contributed by atoms with Crippen molar-refractivity contribution >= 4 is 27.7 Å². The lowest BCUT2D eigenvalue weighted by molar-refractivity contribution is 0.0374. The van der Waals surface area contributed by atoms with E-state index in [1.54, 1.807) is 0 Å². The lowest BCUT2D eigenvalue weighted by Gasteiger charge is -2.35. The van der Waals surface area contributed by atoms with Gasteiger partial charge in [0.2, 0.25) is 0 Å². The average Bonchev–Trinajstić information content (AvgIpc) is 2.74. The number of alkyl halides is 1. The van der Waals surface area contributed by atoms with Crippen molar-refractivity contribution in [3.05, 3.63) is 12.4 Å². The van der Waals surface area contributed by atoms with Crippen molar-refractivity contribution in [2.45, 2.75) is 17.7 Å². The Balaban J connectivity index is 1.91. The minimum atomic E-state index is 0.402. The summed E-state index contributed by atoms with van der Waals surface area (Å²) in [4.78, 5) is 1.26. The van der Waals surface area contributed by atoms with Gasteiger partial charge in [0, 0.05) is 42.4 Å². The zero-order valence-corrected chi connectivity index (χ0v) is 11.9. The highest BCUT2D eigenvalue weighted by atomic mass is 79.9. The summed E-state index contributed by atoms with van der Waals surface area (Å²) < 4.78 is 7.29. The fraction of sp³-hybridized carbons (Fsp3) is 0.727. The largest absolute Gasteiger partial charge is 0.381 e. The van der Waals surface area contributed by atoms with Crippen LogP contribution < -0.4 is 0 Å². The van der Waals surface area contributed by atoms with Gasteiger partial charge in [-0.3, -0.25) is 4.68 Å². The van der Waals surface area contributed by atoms with Gasteiger partial charge in [0.05, 0.1) is 6.20 Å². The number of thioether (sulfide) groups is 1. The van der Waals surface area contributed by atoms with Crippen molar-refractivity contribution in [3.63, 3.8) is 0 Å². The number of halogens is 1. The first-order chi connectivity index (χ1) is 7.74. The molecule has 0 atom stereocenters. The quantitative estimate of drug-likeness (QED) is 0.632. The lowest BCUT2D eigenvalue weighted by Crippen LogP contribution is -2.33. The molecule has 0 unspecified atom stereocenters. The van der Waals surface area contributed by atoms with Crippen molar-refractivity contribution < 1.29 is 4.74 Å². The molecule has 16 heavy (non-hydrogen) atoms. The molecule has 3 nitrogen and oxygen atoms in total. The topological polar surface area (TPSA) is 27.1 Å². The van der Waals surface area contributed by atoms with E-state index in [-0.39, 0.29) is 0 Å². The van der Waals surface area contributed by atoms with Gasteiger partial charge in [0.15, 0.2) is 0 Å². The molecule has 1 aromatic rings. The van der Waals surface area contributed by atoms with Gasteiger partial charge in [-0.05, 0) is 18.3 Å². The first-order valence-electron chi connectivity index (χ1n) is 5.49. The first kappa shape index (κ1) is 12.5. The number of rotatable bonds is 4. The second kappa shape index (κ2) is 5.56. The predicted octanol–water partition coefficient (Wildman–Crippen LogP) is 2.70. The van der Waals surface area contributed by atoms with Gasteiger partial charge < -0.3 is 4.74 Å². The van der Waals surface area contributed by atoms with E-state index in [0.717, 1.165) is 37.1 Å². The third kappa shape index (κ3) is 3.02. The summed E-state index contributed by atoms with van der Waals surface area (Å²) in [5.74, 6) is 1.15. The molecule has 0 N–H and O–H groups in total. The van der Waals surface area contributed by atoms with Crippen LogP contribution >= 0.6 is 27.7 Å². The van der Waals surface area contributed by atoms with E-state index in [1.165, 1.54) is 4.90 Å². The Bertz CT molecular complexity index is 336. The SMILES string of the molecule is Cn1cc(SCC2(CBr)CCOCC2)cn1. The van der Waals surface area contributed by atoms with Crippen LogP contribution in [-0.2, 0) is 11.8 Å². The van der Waals surface area contributed by atoms with Crippen molar-refractivity contribution in [2.75, 3.05) is 24.3 Å². The number of nitrogens with zero attached hydrogens (tertiary/aromatic N) is 2.